The van der Waals surface area contributed by atoms with Crippen LogP contribution in [0.15, 0.2) is 23.5 Å². The molecule has 1 aromatic rings. The van der Waals surface area contributed by atoms with Crippen LogP contribution in [0.1, 0.15) is 37.4 Å². The highest BCUT2D eigenvalue weighted by atomic mass is 16.4. The Morgan fingerprint density at radius 3 is 3.11 bits per heavy atom. The predicted molar refractivity (Wildman–Crippen MR) is 70.4 cm³/mol. The second-order valence-corrected chi connectivity index (χ2v) is 4.89. The van der Waals surface area contributed by atoms with Crippen LogP contribution in [-0.2, 0) is 6.54 Å². The molecule has 2 atom stereocenters. The highest BCUT2D eigenvalue weighted by Crippen LogP contribution is 2.25. The van der Waals surface area contributed by atoms with Gasteiger partial charge in [0.25, 0.3) is 0 Å². The summed E-state index contributed by atoms with van der Waals surface area (Å²) in [6, 6.07) is 4.38. The number of nitrogens with two attached hydrogens (primary N) is 1. The van der Waals surface area contributed by atoms with Crippen molar-refractivity contribution in [2.75, 3.05) is 0 Å². The third-order valence-electron chi connectivity index (χ3n) is 3.66. The fraction of sp³-hybridized carbons (Fsp3) is 0.538. The maximum absolute atomic E-state index is 8.74. The van der Waals surface area contributed by atoms with Crippen LogP contribution < -0.4 is 11.1 Å². The minimum Gasteiger partial charge on any atom is -0.409 e. The number of nitrogens with zero attached hydrogens (tertiary/aromatic N) is 2. The van der Waals surface area contributed by atoms with Gasteiger partial charge in [-0.05, 0) is 30.4 Å². The molecule has 0 aliphatic heterocycles. The fourth-order valence-electron chi connectivity index (χ4n) is 2.55. The van der Waals surface area contributed by atoms with Gasteiger partial charge in [-0.2, -0.15) is 0 Å². The van der Waals surface area contributed by atoms with Crippen LogP contribution in [-0.4, -0.2) is 22.1 Å². The molecule has 5 nitrogen and oxygen atoms in total. The maximum atomic E-state index is 8.74. The highest BCUT2D eigenvalue weighted by molar-refractivity contribution is 5.96. The third-order valence-corrected chi connectivity index (χ3v) is 3.66. The summed E-state index contributed by atoms with van der Waals surface area (Å²) in [5.74, 6) is 0.779. The van der Waals surface area contributed by atoms with E-state index in [1.165, 1.54) is 19.3 Å². The van der Waals surface area contributed by atoms with E-state index in [2.05, 4.69) is 22.4 Å². The minimum absolute atomic E-state index is 0.0619. The lowest BCUT2D eigenvalue weighted by atomic mass is 10.1. The first-order valence-electron chi connectivity index (χ1n) is 6.37. The summed E-state index contributed by atoms with van der Waals surface area (Å²) in [4.78, 5) is 4.16. The Bertz CT molecular complexity index is 433. The Morgan fingerprint density at radius 2 is 2.44 bits per heavy atom. The summed E-state index contributed by atoms with van der Waals surface area (Å²) in [5, 5.41) is 15.3. The van der Waals surface area contributed by atoms with Crippen molar-refractivity contribution in [3.63, 3.8) is 0 Å². The van der Waals surface area contributed by atoms with Gasteiger partial charge in [0.2, 0.25) is 0 Å². The zero-order valence-corrected chi connectivity index (χ0v) is 10.6. The maximum Gasteiger partial charge on any atom is 0.189 e. The zero-order valence-electron chi connectivity index (χ0n) is 10.6. The molecule has 1 fully saturated rings. The van der Waals surface area contributed by atoms with Gasteiger partial charge in [0.05, 0.1) is 0 Å². The van der Waals surface area contributed by atoms with Crippen LogP contribution in [0.25, 0.3) is 0 Å². The van der Waals surface area contributed by atoms with E-state index in [0.29, 0.717) is 24.2 Å². The molecular formula is C13H20N4O. The molecule has 0 aromatic carbocycles. The Morgan fingerprint density at radius 1 is 1.61 bits per heavy atom. The number of aromatic nitrogens is 1. The largest absolute Gasteiger partial charge is 0.409 e. The molecule has 1 aromatic heterocycles. The number of pyridine rings is 1. The number of hydrogen-bond acceptors (Lipinski definition) is 4. The molecule has 0 spiro atoms. The molecule has 0 bridgehead atoms. The van der Waals surface area contributed by atoms with Crippen LogP contribution in [0.4, 0.5) is 0 Å². The predicted octanol–water partition coefficient (Wildman–Crippen LogP) is 1.45. The van der Waals surface area contributed by atoms with E-state index in [1.54, 1.807) is 6.20 Å². The van der Waals surface area contributed by atoms with Crippen LogP contribution >= 0.6 is 0 Å². The van der Waals surface area contributed by atoms with Gasteiger partial charge in [0.1, 0.15) is 5.69 Å². The summed E-state index contributed by atoms with van der Waals surface area (Å²) in [5.41, 5.74) is 7.13. The molecule has 1 heterocycles. The first-order valence-corrected chi connectivity index (χ1v) is 6.37. The standard InChI is InChI=1S/C13H20N4O/c1-9-4-2-6-11(9)16-8-10-5-3-7-15-12(10)13(14)17-18/h3,5,7,9,11,16,18H,2,4,6,8H2,1H3,(H2,14,17). The topological polar surface area (TPSA) is 83.5 Å². The molecule has 98 valence electrons. The second kappa shape index (κ2) is 5.82. The van der Waals surface area contributed by atoms with Gasteiger partial charge < -0.3 is 16.3 Å². The number of amidine groups is 1. The summed E-state index contributed by atoms with van der Waals surface area (Å²) < 4.78 is 0. The van der Waals surface area contributed by atoms with E-state index in [0.717, 1.165) is 5.56 Å². The van der Waals surface area contributed by atoms with E-state index in [1.807, 2.05) is 12.1 Å². The molecule has 2 rings (SSSR count). The Balaban J connectivity index is 2.05. The Hall–Kier alpha value is -1.62. The number of oxime groups is 1. The molecular weight excluding hydrogens is 228 g/mol. The zero-order chi connectivity index (χ0) is 13.0. The lowest BCUT2D eigenvalue weighted by Crippen LogP contribution is -2.31. The van der Waals surface area contributed by atoms with E-state index in [9.17, 15) is 0 Å². The van der Waals surface area contributed by atoms with Crippen molar-refractivity contribution in [2.24, 2.45) is 16.8 Å². The van der Waals surface area contributed by atoms with Crippen LogP contribution in [0.3, 0.4) is 0 Å². The van der Waals surface area contributed by atoms with Crippen LogP contribution in [0.5, 0.6) is 0 Å². The van der Waals surface area contributed by atoms with Gasteiger partial charge >= 0.3 is 0 Å². The molecule has 18 heavy (non-hydrogen) atoms. The lowest BCUT2D eigenvalue weighted by molar-refractivity contribution is 0.318. The fourth-order valence-corrected chi connectivity index (χ4v) is 2.55. The SMILES string of the molecule is CC1CCCC1NCc1cccnc1C(N)=NO. The monoisotopic (exact) mass is 248 g/mol. The second-order valence-electron chi connectivity index (χ2n) is 4.89. The average molecular weight is 248 g/mol. The number of hydrogen-bond donors (Lipinski definition) is 3. The normalized spacial score (nSPS) is 24.4. The number of nitrogens with one attached hydrogen (secondary N) is 1. The van der Waals surface area contributed by atoms with Gasteiger partial charge in [0.15, 0.2) is 5.84 Å². The van der Waals surface area contributed by atoms with Crippen molar-refractivity contribution in [2.45, 2.75) is 38.8 Å². The number of rotatable bonds is 4. The van der Waals surface area contributed by atoms with E-state index in [-0.39, 0.29) is 5.84 Å². The van der Waals surface area contributed by atoms with Gasteiger partial charge in [0, 0.05) is 18.8 Å². The van der Waals surface area contributed by atoms with Gasteiger partial charge in [-0.1, -0.05) is 24.6 Å². The molecule has 1 aliphatic carbocycles. The Labute approximate surface area is 107 Å². The van der Waals surface area contributed by atoms with Crippen molar-refractivity contribution >= 4 is 5.84 Å². The van der Waals surface area contributed by atoms with Crippen LogP contribution in [0.2, 0.25) is 0 Å². The molecule has 0 radical (unpaired) electrons. The molecule has 4 N–H and O–H groups in total. The van der Waals surface area contributed by atoms with Crippen molar-refractivity contribution in [3.05, 3.63) is 29.6 Å². The van der Waals surface area contributed by atoms with Gasteiger partial charge in [-0.3, -0.25) is 4.98 Å². The molecule has 1 aliphatic rings. The third kappa shape index (κ3) is 2.79. The summed E-state index contributed by atoms with van der Waals surface area (Å²) in [6.45, 7) is 2.98. The summed E-state index contributed by atoms with van der Waals surface area (Å²) >= 11 is 0. The van der Waals surface area contributed by atoms with E-state index in [4.69, 9.17) is 10.9 Å². The van der Waals surface area contributed by atoms with Crippen molar-refractivity contribution in [1.29, 1.82) is 0 Å². The van der Waals surface area contributed by atoms with Crippen molar-refractivity contribution < 1.29 is 5.21 Å². The van der Waals surface area contributed by atoms with E-state index >= 15 is 0 Å². The first-order chi connectivity index (χ1) is 8.72. The smallest absolute Gasteiger partial charge is 0.189 e. The summed E-state index contributed by atoms with van der Waals surface area (Å²) in [7, 11) is 0. The summed E-state index contributed by atoms with van der Waals surface area (Å²) in [6.07, 6.45) is 5.45. The molecule has 0 amide bonds. The molecule has 0 saturated heterocycles. The van der Waals surface area contributed by atoms with E-state index < -0.39 is 0 Å². The quantitative estimate of drug-likeness (QED) is 0.326. The molecule has 2 unspecified atom stereocenters. The first kappa shape index (κ1) is 12.8. The van der Waals surface area contributed by atoms with Crippen LogP contribution in [0, 0.1) is 5.92 Å². The van der Waals surface area contributed by atoms with Gasteiger partial charge in [-0.15, -0.1) is 0 Å². The minimum atomic E-state index is 0.0619. The van der Waals surface area contributed by atoms with Crippen molar-refractivity contribution in [3.8, 4) is 0 Å². The molecule has 1 saturated carbocycles. The van der Waals surface area contributed by atoms with Gasteiger partial charge in [-0.25, -0.2) is 0 Å². The highest BCUT2D eigenvalue weighted by Gasteiger charge is 2.22. The Kier molecular flexibility index (Phi) is 4.15. The average Bonchev–Trinajstić information content (AvgIpc) is 2.81. The lowest BCUT2D eigenvalue weighted by Gasteiger charge is -2.18. The molecule has 5 heteroatoms. The van der Waals surface area contributed by atoms with Crippen molar-refractivity contribution in [1.82, 2.24) is 10.3 Å².